The minimum absolute atomic E-state index is 0.0361. The summed E-state index contributed by atoms with van der Waals surface area (Å²) in [7, 11) is 1.30. The van der Waals surface area contributed by atoms with E-state index in [0.29, 0.717) is 21.8 Å². The van der Waals surface area contributed by atoms with Gasteiger partial charge in [0.2, 0.25) is 11.8 Å². The molecule has 24 heavy (non-hydrogen) atoms. The lowest BCUT2D eigenvalue weighted by molar-refractivity contribution is -0.139. The number of halogens is 1. The highest BCUT2D eigenvalue weighted by Gasteiger charge is 2.36. The van der Waals surface area contributed by atoms with Gasteiger partial charge in [-0.15, -0.1) is 5.10 Å². The molecule has 0 saturated carbocycles. The van der Waals surface area contributed by atoms with Crippen molar-refractivity contribution in [2.45, 2.75) is 12.3 Å². The number of fused-ring (bicyclic) bond motifs is 1. The second kappa shape index (κ2) is 6.26. The molecule has 0 amide bonds. The monoisotopic (exact) mass is 344 g/mol. The van der Waals surface area contributed by atoms with E-state index in [2.05, 4.69) is 16.3 Å². The van der Waals surface area contributed by atoms with E-state index in [4.69, 9.17) is 26.8 Å². The van der Waals surface area contributed by atoms with Crippen molar-refractivity contribution in [3.05, 3.63) is 57.6 Å². The van der Waals surface area contributed by atoms with E-state index in [1.165, 1.54) is 7.11 Å². The number of esters is 1. The molecule has 3 N–H and O–H groups in total. The lowest BCUT2D eigenvalue weighted by Gasteiger charge is -2.24. The molecule has 7 nitrogen and oxygen atoms in total. The molecule has 8 heteroatoms. The largest absolute Gasteiger partial charge is 0.469 e. The first-order chi connectivity index (χ1) is 11.6. The number of hydrogen-bond donors (Lipinski definition) is 2. The Bertz CT molecular complexity index is 882. The van der Waals surface area contributed by atoms with Gasteiger partial charge in [0.1, 0.15) is 11.6 Å². The van der Waals surface area contributed by atoms with Crippen LogP contribution in [0.15, 0.2) is 35.7 Å². The number of H-pyrrole nitrogens is 1. The van der Waals surface area contributed by atoms with Crippen molar-refractivity contribution in [2.24, 2.45) is 5.73 Å². The first kappa shape index (κ1) is 15.9. The molecule has 1 unspecified atom stereocenters. The van der Waals surface area contributed by atoms with Crippen molar-refractivity contribution in [1.82, 2.24) is 10.2 Å². The number of benzene rings is 1. The minimum atomic E-state index is -0.578. The maximum atomic E-state index is 11.7. The number of carbonyl (C=O) groups is 1. The number of aromatic nitrogens is 2. The molecule has 3 rings (SSSR count). The van der Waals surface area contributed by atoms with Gasteiger partial charge in [-0.2, -0.15) is 5.26 Å². The third kappa shape index (κ3) is 2.57. The molecule has 1 aliphatic heterocycles. The maximum absolute atomic E-state index is 11.7. The molecular formula is C16H13ClN4O3. The summed E-state index contributed by atoms with van der Waals surface area (Å²) < 4.78 is 10.1. The van der Waals surface area contributed by atoms with Crippen molar-refractivity contribution in [1.29, 1.82) is 5.26 Å². The Labute approximate surface area is 142 Å². The lowest BCUT2D eigenvalue weighted by atomic mass is 9.83. The minimum Gasteiger partial charge on any atom is -0.469 e. The molecule has 0 spiro atoms. The molecule has 122 valence electrons. The van der Waals surface area contributed by atoms with Crippen LogP contribution in [0.1, 0.15) is 22.7 Å². The lowest BCUT2D eigenvalue weighted by Crippen LogP contribution is -2.22. The van der Waals surface area contributed by atoms with Gasteiger partial charge in [-0.25, -0.2) is 0 Å². The van der Waals surface area contributed by atoms with Crippen LogP contribution in [0.2, 0.25) is 5.02 Å². The van der Waals surface area contributed by atoms with Crippen LogP contribution in [0, 0.1) is 11.3 Å². The summed E-state index contributed by atoms with van der Waals surface area (Å²) in [5, 5.41) is 16.8. The van der Waals surface area contributed by atoms with Crippen LogP contribution in [0.5, 0.6) is 5.88 Å². The Kier molecular flexibility index (Phi) is 4.15. The average molecular weight is 345 g/mol. The summed E-state index contributed by atoms with van der Waals surface area (Å²) in [4.78, 5) is 11.7. The van der Waals surface area contributed by atoms with Gasteiger partial charge >= 0.3 is 5.97 Å². The predicted molar refractivity (Wildman–Crippen MR) is 85.1 cm³/mol. The van der Waals surface area contributed by atoms with E-state index >= 15 is 0 Å². The number of aromatic amines is 1. The second-order valence-corrected chi connectivity index (χ2v) is 5.53. The standard InChI is InChI=1S/C16H13ClN4O3/c1-23-12(22)6-11-14-13(8-4-2-3-5-10(8)17)9(7-18)15(19)24-16(14)21-20-11/h2-5,13H,6,19H2,1H3,(H,20,21). The van der Waals surface area contributed by atoms with Crippen molar-refractivity contribution in [3.8, 4) is 11.9 Å². The molecule has 2 aromatic rings. The van der Waals surface area contributed by atoms with Gasteiger partial charge in [-0.3, -0.25) is 9.89 Å². The van der Waals surface area contributed by atoms with Crippen LogP contribution < -0.4 is 10.5 Å². The molecule has 0 fully saturated rings. The van der Waals surface area contributed by atoms with Gasteiger partial charge in [-0.1, -0.05) is 29.8 Å². The maximum Gasteiger partial charge on any atom is 0.311 e. The summed E-state index contributed by atoms with van der Waals surface area (Å²) in [5.41, 5.74) is 7.80. The highest BCUT2D eigenvalue weighted by atomic mass is 35.5. The van der Waals surface area contributed by atoms with Crippen molar-refractivity contribution < 1.29 is 14.3 Å². The number of nitrogens with one attached hydrogen (secondary N) is 1. The van der Waals surface area contributed by atoms with E-state index in [9.17, 15) is 10.1 Å². The third-order valence-corrected chi connectivity index (χ3v) is 4.13. The van der Waals surface area contributed by atoms with Gasteiger partial charge in [0, 0.05) is 5.02 Å². The highest BCUT2D eigenvalue weighted by molar-refractivity contribution is 6.31. The number of nitrogens with two attached hydrogens (primary N) is 1. The Morgan fingerprint density at radius 2 is 2.29 bits per heavy atom. The van der Waals surface area contributed by atoms with Crippen LogP contribution in [-0.2, 0) is 16.0 Å². The van der Waals surface area contributed by atoms with E-state index < -0.39 is 11.9 Å². The van der Waals surface area contributed by atoms with Crippen molar-refractivity contribution in [2.75, 3.05) is 7.11 Å². The van der Waals surface area contributed by atoms with Crippen LogP contribution in [0.3, 0.4) is 0 Å². The Balaban J connectivity index is 2.20. The average Bonchev–Trinajstić information content (AvgIpc) is 2.96. The summed E-state index contributed by atoms with van der Waals surface area (Å²) in [6.07, 6.45) is -0.0399. The Morgan fingerprint density at radius 3 is 2.96 bits per heavy atom. The summed E-state index contributed by atoms with van der Waals surface area (Å²) in [6.45, 7) is 0. The van der Waals surface area contributed by atoms with Crippen LogP contribution >= 0.6 is 11.6 Å². The fourth-order valence-electron chi connectivity index (χ4n) is 2.68. The van der Waals surface area contributed by atoms with E-state index in [1.807, 2.05) is 6.07 Å². The zero-order valence-corrected chi connectivity index (χ0v) is 13.4. The Hall–Kier alpha value is -2.98. The SMILES string of the molecule is COC(=O)Cc1[nH]nc2c1C(c1ccccc1Cl)C(C#N)=C(N)O2. The number of carbonyl (C=O) groups excluding carboxylic acids is 1. The van der Waals surface area contributed by atoms with Gasteiger partial charge in [-0.05, 0) is 11.6 Å². The fourth-order valence-corrected chi connectivity index (χ4v) is 2.92. The zero-order valence-electron chi connectivity index (χ0n) is 12.7. The zero-order chi connectivity index (χ0) is 17.3. The smallest absolute Gasteiger partial charge is 0.311 e. The summed E-state index contributed by atoms with van der Waals surface area (Å²) in [5.74, 6) is -0.840. The molecule has 1 aromatic heterocycles. The van der Waals surface area contributed by atoms with Crippen molar-refractivity contribution in [3.63, 3.8) is 0 Å². The number of rotatable bonds is 3. The van der Waals surface area contributed by atoms with E-state index in [0.717, 1.165) is 0 Å². The molecule has 0 radical (unpaired) electrons. The topological polar surface area (TPSA) is 114 Å². The highest BCUT2D eigenvalue weighted by Crippen LogP contribution is 2.44. The third-order valence-electron chi connectivity index (χ3n) is 3.78. The summed E-state index contributed by atoms with van der Waals surface area (Å²) >= 11 is 6.31. The van der Waals surface area contributed by atoms with Crippen molar-refractivity contribution >= 4 is 17.6 Å². The number of nitrogens with zero attached hydrogens (tertiary/aromatic N) is 2. The molecule has 1 aliphatic rings. The molecular weight excluding hydrogens is 332 g/mol. The number of methoxy groups -OCH3 is 1. The molecule has 0 bridgehead atoms. The van der Waals surface area contributed by atoms with Gasteiger partial charge in [0.05, 0.1) is 30.7 Å². The molecule has 2 heterocycles. The second-order valence-electron chi connectivity index (χ2n) is 5.12. The number of hydrogen-bond acceptors (Lipinski definition) is 6. The normalized spacial score (nSPS) is 16.1. The van der Waals surface area contributed by atoms with Gasteiger partial charge in [0.25, 0.3) is 0 Å². The first-order valence-corrected chi connectivity index (χ1v) is 7.40. The summed E-state index contributed by atoms with van der Waals surface area (Å²) in [6, 6.07) is 9.18. The van der Waals surface area contributed by atoms with Crippen LogP contribution in [-0.4, -0.2) is 23.3 Å². The van der Waals surface area contributed by atoms with Crippen LogP contribution in [0.4, 0.5) is 0 Å². The van der Waals surface area contributed by atoms with Gasteiger partial charge < -0.3 is 15.2 Å². The fraction of sp³-hybridized carbons (Fsp3) is 0.188. The number of allylic oxidation sites excluding steroid dienone is 1. The Morgan fingerprint density at radius 1 is 1.54 bits per heavy atom. The molecule has 1 aromatic carbocycles. The predicted octanol–water partition coefficient (Wildman–Crippen LogP) is 2.00. The van der Waals surface area contributed by atoms with Crippen LogP contribution in [0.25, 0.3) is 0 Å². The molecule has 0 saturated heterocycles. The molecule has 1 atom stereocenters. The number of ether oxygens (including phenoxy) is 2. The number of nitriles is 1. The quantitative estimate of drug-likeness (QED) is 0.823. The van der Waals surface area contributed by atoms with E-state index in [1.54, 1.807) is 18.2 Å². The first-order valence-electron chi connectivity index (χ1n) is 7.02. The van der Waals surface area contributed by atoms with E-state index in [-0.39, 0.29) is 23.8 Å². The van der Waals surface area contributed by atoms with Gasteiger partial charge in [0.15, 0.2) is 0 Å². The molecule has 0 aliphatic carbocycles.